The lowest BCUT2D eigenvalue weighted by Gasteiger charge is -2.29. The average molecular weight is 679 g/mol. The van der Waals surface area contributed by atoms with E-state index in [0.29, 0.717) is 17.5 Å². The van der Waals surface area contributed by atoms with Crippen molar-refractivity contribution in [3.8, 4) is 0 Å². The number of hydrogen-bond donors (Lipinski definition) is 0. The fourth-order valence-corrected chi connectivity index (χ4v) is 6.19. The number of carbonyl (C=O) groups is 1. The van der Waals surface area contributed by atoms with Crippen molar-refractivity contribution in [3.63, 3.8) is 0 Å². The highest BCUT2D eigenvalue weighted by molar-refractivity contribution is 8.01. The number of urea groups is 1. The number of alkyl halides is 6. The number of nitro benzene ring substituents is 1. The molecule has 1 aliphatic rings. The van der Waals surface area contributed by atoms with Crippen LogP contribution in [0.15, 0.2) is 107 Å². The van der Waals surface area contributed by atoms with E-state index in [-0.39, 0.29) is 34.1 Å². The van der Waals surface area contributed by atoms with Crippen LogP contribution < -0.4 is 4.31 Å². The van der Waals surface area contributed by atoms with Crippen LogP contribution in [0, 0.1) is 10.1 Å². The Hall–Kier alpha value is -4.56. The van der Waals surface area contributed by atoms with Gasteiger partial charge in [-0.25, -0.2) is 14.1 Å². The van der Waals surface area contributed by atoms with Crippen LogP contribution in [-0.4, -0.2) is 28.2 Å². The lowest BCUT2D eigenvalue weighted by Crippen LogP contribution is -2.41. The topological polar surface area (TPSA) is 79.0 Å². The van der Waals surface area contributed by atoms with Crippen molar-refractivity contribution in [1.82, 2.24) is 5.01 Å². The fraction of sp³-hybridized carbons (Fsp3) is 0.161. The molecule has 238 valence electrons. The number of rotatable bonds is 6. The van der Waals surface area contributed by atoms with Gasteiger partial charge >= 0.3 is 18.4 Å². The van der Waals surface area contributed by atoms with Gasteiger partial charge in [-0.05, 0) is 55.0 Å². The molecule has 0 saturated carbocycles. The Bertz CT molecular complexity index is 1820. The summed E-state index contributed by atoms with van der Waals surface area (Å²) in [4.78, 5) is 25.3. The molecule has 0 spiro atoms. The maximum Gasteiger partial charge on any atom is 0.417 e. The minimum atomic E-state index is -4.71. The van der Waals surface area contributed by atoms with Crippen molar-refractivity contribution in [2.45, 2.75) is 29.6 Å². The summed E-state index contributed by atoms with van der Waals surface area (Å²) >= 11 is 6.64. The van der Waals surface area contributed by atoms with Crippen molar-refractivity contribution < 1.29 is 36.1 Å². The van der Waals surface area contributed by atoms with E-state index in [9.17, 15) is 41.3 Å². The van der Waals surface area contributed by atoms with E-state index in [1.165, 1.54) is 30.3 Å². The van der Waals surface area contributed by atoms with Crippen molar-refractivity contribution >= 4 is 46.7 Å². The molecule has 1 atom stereocenters. The Morgan fingerprint density at radius 3 is 2.15 bits per heavy atom. The lowest BCUT2D eigenvalue weighted by atomic mass is 9.76. The van der Waals surface area contributed by atoms with Crippen LogP contribution in [0.3, 0.4) is 0 Å². The van der Waals surface area contributed by atoms with Gasteiger partial charge in [0.2, 0.25) is 0 Å². The highest BCUT2D eigenvalue weighted by atomic mass is 35.5. The van der Waals surface area contributed by atoms with Crippen LogP contribution in [0.2, 0.25) is 5.02 Å². The summed E-state index contributed by atoms with van der Waals surface area (Å²) in [6.45, 7) is 1.59. The molecule has 0 radical (unpaired) electrons. The van der Waals surface area contributed by atoms with Crippen LogP contribution in [0.1, 0.15) is 29.2 Å². The summed E-state index contributed by atoms with van der Waals surface area (Å²) in [5.41, 5.74) is -2.45. The van der Waals surface area contributed by atoms with Crippen LogP contribution in [0.25, 0.3) is 0 Å². The van der Waals surface area contributed by atoms with Gasteiger partial charge in [-0.3, -0.25) is 10.1 Å². The third-order valence-corrected chi connectivity index (χ3v) is 8.65. The van der Waals surface area contributed by atoms with Gasteiger partial charge in [-0.15, -0.1) is 0 Å². The van der Waals surface area contributed by atoms with Crippen molar-refractivity contribution in [1.29, 1.82) is 0 Å². The largest absolute Gasteiger partial charge is 0.417 e. The van der Waals surface area contributed by atoms with Crippen molar-refractivity contribution in [3.05, 3.63) is 134 Å². The second kappa shape index (κ2) is 12.3. The summed E-state index contributed by atoms with van der Waals surface area (Å²) in [6.07, 6.45) is -9.37. The average Bonchev–Trinajstić information content (AvgIpc) is 3.37. The molecule has 0 saturated heterocycles. The standard InChI is InChI=1S/C31H21ClF6N4O3S/c1-29(20-7-3-2-4-8-20)18-40(39-27(29)19-11-16-23(24(32)17-19)31(36,37)38)28(43)41(22-14-12-21(13-15-22)30(33,34)35)46-26-10-6-5-9-25(26)42(44)45/h2-17H,18H2,1H3. The van der Waals surface area contributed by atoms with Crippen molar-refractivity contribution in [2.75, 3.05) is 10.8 Å². The number of nitrogens with zero attached hydrogens (tertiary/aromatic N) is 4. The molecule has 1 aliphatic heterocycles. The zero-order valence-corrected chi connectivity index (χ0v) is 25.1. The number of halogens is 7. The first-order chi connectivity index (χ1) is 21.6. The van der Waals surface area contributed by atoms with Crippen LogP contribution >= 0.6 is 23.5 Å². The molecule has 46 heavy (non-hydrogen) atoms. The third-order valence-electron chi connectivity index (χ3n) is 7.24. The highest BCUT2D eigenvalue weighted by Gasteiger charge is 2.45. The number of hydrazone groups is 1. The summed E-state index contributed by atoms with van der Waals surface area (Å²) in [5, 5.41) is 16.7. The summed E-state index contributed by atoms with van der Waals surface area (Å²) in [6, 6.07) is 20.1. The van der Waals surface area contributed by atoms with Crippen LogP contribution in [0.5, 0.6) is 0 Å². The summed E-state index contributed by atoms with van der Waals surface area (Å²) in [5.74, 6) is 0. The molecule has 4 aromatic carbocycles. The predicted molar refractivity (Wildman–Crippen MR) is 162 cm³/mol. The maximum absolute atomic E-state index is 14.2. The van der Waals surface area contributed by atoms with E-state index in [1.54, 1.807) is 37.3 Å². The second-order valence-corrected chi connectivity index (χ2v) is 11.7. The van der Waals surface area contributed by atoms with E-state index in [0.717, 1.165) is 45.7 Å². The molecule has 0 aliphatic carbocycles. The molecule has 4 aromatic rings. The number of anilines is 1. The van der Waals surface area contributed by atoms with E-state index >= 15 is 0 Å². The Morgan fingerprint density at radius 1 is 0.935 bits per heavy atom. The van der Waals surface area contributed by atoms with Gasteiger partial charge in [0.1, 0.15) is 4.90 Å². The summed E-state index contributed by atoms with van der Waals surface area (Å²) < 4.78 is 81.3. The Morgan fingerprint density at radius 2 is 1.57 bits per heavy atom. The van der Waals surface area contributed by atoms with E-state index < -0.39 is 44.9 Å². The first kappa shape index (κ1) is 32.8. The Kier molecular flexibility index (Phi) is 8.79. The predicted octanol–water partition coefficient (Wildman–Crippen LogP) is 9.60. The highest BCUT2D eigenvalue weighted by Crippen LogP contribution is 2.42. The molecule has 7 nitrogen and oxygen atoms in total. The Labute approximate surface area is 267 Å². The summed E-state index contributed by atoms with van der Waals surface area (Å²) in [7, 11) is 0. The van der Waals surface area contributed by atoms with E-state index in [2.05, 4.69) is 5.10 Å². The van der Waals surface area contributed by atoms with Gasteiger partial charge in [0.05, 0.1) is 44.4 Å². The molecule has 0 N–H and O–H groups in total. The fourth-order valence-electron chi connectivity index (χ4n) is 4.93. The van der Waals surface area contributed by atoms with Gasteiger partial charge in [0, 0.05) is 23.6 Å². The second-order valence-electron chi connectivity index (χ2n) is 10.3. The SMILES string of the molecule is CC1(c2ccccc2)CN(C(=O)N(Sc2ccccc2[N+](=O)[O-])c2ccc(C(F)(F)F)cc2)N=C1c1ccc(C(F)(F)F)c(Cl)c1. The van der Waals surface area contributed by atoms with Crippen molar-refractivity contribution in [2.24, 2.45) is 5.10 Å². The number of hydrogen-bond acceptors (Lipinski definition) is 5. The molecule has 0 aromatic heterocycles. The van der Waals surface area contributed by atoms with Gasteiger partial charge in [-0.1, -0.05) is 60.1 Å². The molecule has 1 heterocycles. The first-order valence-electron chi connectivity index (χ1n) is 13.3. The molecular formula is C31H21ClF6N4O3S. The smallest absolute Gasteiger partial charge is 0.258 e. The Balaban J connectivity index is 1.61. The normalized spacial score (nSPS) is 16.7. The van der Waals surface area contributed by atoms with Gasteiger partial charge in [-0.2, -0.15) is 31.4 Å². The molecule has 5 rings (SSSR count). The van der Waals surface area contributed by atoms with E-state index in [4.69, 9.17) is 11.6 Å². The van der Waals surface area contributed by atoms with Gasteiger partial charge in [0.15, 0.2) is 0 Å². The van der Waals surface area contributed by atoms with E-state index in [1.807, 2.05) is 0 Å². The monoisotopic (exact) mass is 678 g/mol. The van der Waals surface area contributed by atoms with Crippen LogP contribution in [-0.2, 0) is 17.8 Å². The maximum atomic E-state index is 14.2. The molecule has 0 fully saturated rings. The molecule has 0 bridgehead atoms. The zero-order chi connectivity index (χ0) is 33.4. The number of nitro groups is 1. The quantitative estimate of drug-likeness (QED) is 0.0881. The first-order valence-corrected chi connectivity index (χ1v) is 14.5. The van der Waals surface area contributed by atoms with Gasteiger partial charge < -0.3 is 0 Å². The number of carbonyl (C=O) groups excluding carboxylic acids is 1. The zero-order valence-electron chi connectivity index (χ0n) is 23.5. The number of amides is 2. The van der Waals surface area contributed by atoms with Crippen LogP contribution in [0.4, 0.5) is 42.5 Å². The molecule has 1 unspecified atom stereocenters. The van der Waals surface area contributed by atoms with Gasteiger partial charge in [0.25, 0.3) is 5.69 Å². The number of para-hydroxylation sites is 1. The lowest BCUT2D eigenvalue weighted by molar-refractivity contribution is -0.387. The third kappa shape index (κ3) is 6.53. The minimum absolute atomic E-state index is 0.0180. The number of benzene rings is 4. The molecule has 15 heteroatoms. The molecule has 2 amide bonds. The minimum Gasteiger partial charge on any atom is -0.258 e. The molecular weight excluding hydrogens is 658 g/mol.